The molecule has 1 aliphatic carbocycles. The first-order chi connectivity index (χ1) is 22.7. The number of hydrogen-bond donors (Lipinski definition) is 2. The maximum atomic E-state index is 14.5. The summed E-state index contributed by atoms with van der Waals surface area (Å²) in [5.41, 5.74) is 1.58. The Labute approximate surface area is 278 Å². The third-order valence-corrected chi connectivity index (χ3v) is 8.76. The Kier molecular flexibility index (Phi) is 11.4. The van der Waals surface area contributed by atoms with Crippen LogP contribution in [-0.2, 0) is 19.1 Å². The summed E-state index contributed by atoms with van der Waals surface area (Å²) in [6.45, 7) is 6.54. The second kappa shape index (κ2) is 15.6. The molecule has 0 saturated heterocycles. The first kappa shape index (κ1) is 34.2. The summed E-state index contributed by atoms with van der Waals surface area (Å²) in [5.74, 6) is 0.783. The fourth-order valence-electron chi connectivity index (χ4n) is 6.32. The molecule has 2 atom stereocenters. The van der Waals surface area contributed by atoms with Crippen molar-refractivity contribution in [1.29, 1.82) is 0 Å². The summed E-state index contributed by atoms with van der Waals surface area (Å²) in [7, 11) is 0. The number of benzene rings is 3. The molecule has 250 valence electrons. The van der Waals surface area contributed by atoms with E-state index in [1.54, 1.807) is 0 Å². The lowest BCUT2D eigenvalue weighted by molar-refractivity contribution is -0.155. The molecule has 0 spiro atoms. The Hall–Kier alpha value is -4.17. The number of nitrogens with zero attached hydrogens (tertiary/aromatic N) is 1. The zero-order chi connectivity index (χ0) is 33.3. The van der Waals surface area contributed by atoms with Crippen molar-refractivity contribution in [3.05, 3.63) is 90.0 Å². The van der Waals surface area contributed by atoms with Crippen molar-refractivity contribution >= 4 is 17.8 Å². The standard InChI is InChI=1S/C39H48N2O6/c1-38(2,3)47-34(43)23-24-39(37(44)40-27-28-11-6-4-7-12-28)35(31-17-15-30(16-18-31)29-13-8-5-9-14-29)46-36(41-39)32-19-21-33(22-20-32)45-26-10-25-42/h5,8-9,13-22,28,35,42H,4,6-7,10-12,23-27H2,1-3H3,(H,40,44)/t35-,39-/m1/s1. The highest BCUT2D eigenvalue weighted by Gasteiger charge is 2.53. The Morgan fingerprint density at radius 2 is 1.57 bits per heavy atom. The quantitative estimate of drug-likeness (QED) is 0.151. The number of carbonyl (C=O) groups excluding carboxylic acids is 2. The average Bonchev–Trinajstić information content (AvgIpc) is 3.48. The molecule has 0 unspecified atom stereocenters. The Morgan fingerprint density at radius 1 is 0.915 bits per heavy atom. The fourth-order valence-corrected chi connectivity index (χ4v) is 6.32. The minimum atomic E-state index is -1.40. The van der Waals surface area contributed by atoms with Gasteiger partial charge in [0.2, 0.25) is 5.90 Å². The first-order valence-electron chi connectivity index (χ1n) is 16.9. The van der Waals surface area contributed by atoms with E-state index in [2.05, 4.69) is 17.4 Å². The second-order valence-corrected chi connectivity index (χ2v) is 13.6. The van der Waals surface area contributed by atoms with Gasteiger partial charge in [-0.2, -0.15) is 0 Å². The minimum absolute atomic E-state index is 0.00446. The molecule has 1 heterocycles. The maximum absolute atomic E-state index is 14.5. The van der Waals surface area contributed by atoms with Crippen LogP contribution in [0.4, 0.5) is 0 Å². The number of aliphatic hydroxyl groups excluding tert-OH is 1. The number of carbonyl (C=O) groups is 2. The van der Waals surface area contributed by atoms with Crippen LogP contribution >= 0.6 is 0 Å². The molecule has 1 fully saturated rings. The minimum Gasteiger partial charge on any atom is -0.494 e. The largest absolute Gasteiger partial charge is 0.494 e. The molecule has 8 nitrogen and oxygen atoms in total. The molecular weight excluding hydrogens is 592 g/mol. The van der Waals surface area contributed by atoms with E-state index < -0.39 is 17.2 Å². The summed E-state index contributed by atoms with van der Waals surface area (Å²) in [5, 5.41) is 12.3. The highest BCUT2D eigenvalue weighted by Crippen LogP contribution is 2.44. The highest BCUT2D eigenvalue weighted by atomic mass is 16.6. The molecule has 1 aliphatic heterocycles. The molecular formula is C39H48N2O6. The summed E-state index contributed by atoms with van der Waals surface area (Å²) in [4.78, 5) is 32.6. The van der Waals surface area contributed by atoms with Crippen LogP contribution in [0.1, 0.15) is 89.4 Å². The van der Waals surface area contributed by atoms with E-state index in [1.165, 1.54) is 19.3 Å². The third kappa shape index (κ3) is 9.01. The van der Waals surface area contributed by atoms with Gasteiger partial charge in [-0.05, 0) is 86.9 Å². The number of aliphatic hydroxyl groups is 1. The Bertz CT molecular complexity index is 1490. The predicted molar refractivity (Wildman–Crippen MR) is 183 cm³/mol. The van der Waals surface area contributed by atoms with Gasteiger partial charge in [0.1, 0.15) is 11.4 Å². The van der Waals surface area contributed by atoms with Crippen molar-refractivity contribution in [1.82, 2.24) is 5.32 Å². The van der Waals surface area contributed by atoms with Crippen LogP contribution in [0, 0.1) is 5.92 Å². The lowest BCUT2D eigenvalue weighted by atomic mass is 9.82. The molecule has 2 N–H and O–H groups in total. The van der Waals surface area contributed by atoms with Gasteiger partial charge < -0.3 is 24.6 Å². The zero-order valence-corrected chi connectivity index (χ0v) is 27.9. The lowest BCUT2D eigenvalue weighted by Gasteiger charge is -2.32. The molecule has 0 radical (unpaired) electrons. The molecule has 0 aromatic heterocycles. The molecule has 8 heteroatoms. The molecule has 1 saturated carbocycles. The van der Waals surface area contributed by atoms with Gasteiger partial charge in [0.15, 0.2) is 11.6 Å². The van der Waals surface area contributed by atoms with Crippen LogP contribution in [0.3, 0.4) is 0 Å². The van der Waals surface area contributed by atoms with Crippen LogP contribution in [0.15, 0.2) is 83.9 Å². The molecule has 47 heavy (non-hydrogen) atoms. The van der Waals surface area contributed by atoms with Gasteiger partial charge in [-0.3, -0.25) is 9.59 Å². The molecule has 2 aliphatic rings. The maximum Gasteiger partial charge on any atom is 0.306 e. The van der Waals surface area contributed by atoms with Crippen molar-refractivity contribution < 1.29 is 28.9 Å². The molecule has 0 bridgehead atoms. The number of amides is 1. The summed E-state index contributed by atoms with van der Waals surface area (Å²) < 4.78 is 18.0. The number of aliphatic imine (C=N–C) groups is 1. The Morgan fingerprint density at radius 3 is 2.23 bits per heavy atom. The van der Waals surface area contributed by atoms with Crippen molar-refractivity contribution in [2.24, 2.45) is 10.9 Å². The molecule has 5 rings (SSSR count). The van der Waals surface area contributed by atoms with Gasteiger partial charge in [0.25, 0.3) is 5.91 Å². The smallest absolute Gasteiger partial charge is 0.306 e. The van der Waals surface area contributed by atoms with Crippen molar-refractivity contribution in [2.45, 2.75) is 89.4 Å². The van der Waals surface area contributed by atoms with E-state index in [0.717, 1.165) is 29.5 Å². The van der Waals surface area contributed by atoms with E-state index in [9.17, 15) is 9.59 Å². The van der Waals surface area contributed by atoms with Crippen molar-refractivity contribution in [3.63, 3.8) is 0 Å². The van der Waals surface area contributed by atoms with Gasteiger partial charge in [-0.1, -0.05) is 73.9 Å². The SMILES string of the molecule is CC(C)(C)OC(=O)CC[C@@]1(C(=O)NCC2CCCCC2)N=C(c2ccc(OCCCO)cc2)O[C@@H]1c1ccc(-c2ccccc2)cc1. The van der Waals surface area contributed by atoms with E-state index in [0.29, 0.717) is 42.7 Å². The highest BCUT2D eigenvalue weighted by molar-refractivity contribution is 6.01. The average molecular weight is 641 g/mol. The third-order valence-electron chi connectivity index (χ3n) is 8.76. The monoisotopic (exact) mass is 640 g/mol. The van der Waals surface area contributed by atoms with E-state index in [4.69, 9.17) is 24.3 Å². The Balaban J connectivity index is 1.50. The van der Waals surface area contributed by atoms with Gasteiger partial charge in [0, 0.05) is 31.6 Å². The van der Waals surface area contributed by atoms with E-state index in [1.807, 2.05) is 87.5 Å². The molecule has 1 amide bonds. The first-order valence-corrected chi connectivity index (χ1v) is 16.9. The number of esters is 1. The van der Waals surface area contributed by atoms with E-state index >= 15 is 0 Å². The van der Waals surface area contributed by atoms with Gasteiger partial charge in [-0.25, -0.2) is 4.99 Å². The van der Waals surface area contributed by atoms with Crippen molar-refractivity contribution in [3.8, 4) is 16.9 Å². The zero-order valence-electron chi connectivity index (χ0n) is 27.9. The van der Waals surface area contributed by atoms with Crippen LogP contribution in [0.25, 0.3) is 11.1 Å². The van der Waals surface area contributed by atoms with Crippen molar-refractivity contribution in [2.75, 3.05) is 19.8 Å². The molecule has 3 aromatic carbocycles. The van der Waals surface area contributed by atoms with E-state index in [-0.39, 0.29) is 31.3 Å². The van der Waals surface area contributed by atoms with Crippen LogP contribution < -0.4 is 10.1 Å². The number of rotatable bonds is 13. The second-order valence-electron chi connectivity index (χ2n) is 13.6. The lowest BCUT2D eigenvalue weighted by Crippen LogP contribution is -2.50. The fraction of sp³-hybridized carbons (Fsp3) is 0.462. The summed E-state index contributed by atoms with van der Waals surface area (Å²) in [6, 6.07) is 25.5. The van der Waals surface area contributed by atoms with Crippen LogP contribution in [-0.4, -0.2) is 53.8 Å². The topological polar surface area (TPSA) is 106 Å². The molecule has 3 aromatic rings. The van der Waals surface area contributed by atoms with Crippen LogP contribution in [0.5, 0.6) is 5.75 Å². The van der Waals surface area contributed by atoms with Gasteiger partial charge in [-0.15, -0.1) is 0 Å². The van der Waals surface area contributed by atoms with Crippen LogP contribution in [0.2, 0.25) is 0 Å². The number of nitrogens with one attached hydrogen (secondary N) is 1. The summed E-state index contributed by atoms with van der Waals surface area (Å²) >= 11 is 0. The predicted octanol–water partition coefficient (Wildman–Crippen LogP) is 7.19. The number of ether oxygens (including phenoxy) is 3. The number of hydrogen-bond acceptors (Lipinski definition) is 7. The normalized spacial score (nSPS) is 19.8. The van der Waals surface area contributed by atoms with Gasteiger partial charge in [0.05, 0.1) is 6.61 Å². The van der Waals surface area contributed by atoms with Gasteiger partial charge >= 0.3 is 5.97 Å². The summed E-state index contributed by atoms with van der Waals surface area (Å²) in [6.07, 6.45) is 5.66.